The number of carbonyl (C=O) groups is 1. The molecule has 1 amide bonds. The Bertz CT molecular complexity index is 665. The van der Waals surface area contributed by atoms with Crippen molar-refractivity contribution in [2.24, 2.45) is 0 Å². The van der Waals surface area contributed by atoms with E-state index in [0.717, 1.165) is 17.7 Å². The van der Waals surface area contributed by atoms with Gasteiger partial charge in [0.1, 0.15) is 12.4 Å². The number of oxazole rings is 1. The Kier molecular flexibility index (Phi) is 3.51. The summed E-state index contributed by atoms with van der Waals surface area (Å²) in [6.45, 7) is 3.12. The van der Waals surface area contributed by atoms with Crippen molar-refractivity contribution in [2.75, 3.05) is 6.54 Å². The third-order valence-corrected chi connectivity index (χ3v) is 3.68. The van der Waals surface area contributed by atoms with E-state index in [0.29, 0.717) is 31.2 Å². The van der Waals surface area contributed by atoms with Crippen molar-refractivity contribution in [2.45, 2.75) is 26.5 Å². The number of ether oxygens (including phenoxy) is 1. The van der Waals surface area contributed by atoms with Crippen LogP contribution < -0.4 is 4.74 Å². The van der Waals surface area contributed by atoms with Gasteiger partial charge in [0, 0.05) is 13.1 Å². The monoisotopic (exact) mass is 288 g/mol. The van der Waals surface area contributed by atoms with Crippen LogP contribution in [0.1, 0.15) is 22.6 Å². The van der Waals surface area contributed by atoms with Gasteiger partial charge >= 0.3 is 6.09 Å². The molecule has 1 aromatic carbocycles. The molecule has 1 N–H and O–H groups in total. The van der Waals surface area contributed by atoms with Crippen LogP contribution in [-0.2, 0) is 19.6 Å². The third-order valence-electron chi connectivity index (χ3n) is 3.68. The molecule has 6 heteroatoms. The zero-order chi connectivity index (χ0) is 14.8. The number of carboxylic acid groups (broad SMARTS) is 1. The van der Waals surface area contributed by atoms with Gasteiger partial charge in [-0.15, -0.1) is 0 Å². The maximum atomic E-state index is 11.0. The number of aromatic nitrogens is 1. The maximum absolute atomic E-state index is 11.0. The van der Waals surface area contributed by atoms with E-state index in [9.17, 15) is 4.79 Å². The number of nitrogens with zero attached hydrogens (tertiary/aromatic N) is 2. The fourth-order valence-electron chi connectivity index (χ4n) is 2.40. The molecule has 1 aromatic heterocycles. The van der Waals surface area contributed by atoms with E-state index in [1.165, 1.54) is 16.9 Å². The Labute approximate surface area is 122 Å². The number of benzene rings is 1. The number of amides is 1. The van der Waals surface area contributed by atoms with Crippen LogP contribution in [0.15, 0.2) is 29.0 Å². The largest absolute Gasteiger partial charge is 0.486 e. The number of hydrogen-bond acceptors (Lipinski definition) is 4. The summed E-state index contributed by atoms with van der Waals surface area (Å²) in [5.74, 6) is 1.40. The number of hydrogen-bond donors (Lipinski definition) is 1. The summed E-state index contributed by atoms with van der Waals surface area (Å²) >= 11 is 0. The van der Waals surface area contributed by atoms with Gasteiger partial charge in [-0.05, 0) is 36.6 Å². The van der Waals surface area contributed by atoms with Gasteiger partial charge in [-0.1, -0.05) is 6.07 Å². The van der Waals surface area contributed by atoms with Crippen LogP contribution in [0.5, 0.6) is 5.75 Å². The molecule has 3 rings (SSSR count). The molecule has 0 spiro atoms. The summed E-state index contributed by atoms with van der Waals surface area (Å²) in [6.07, 6.45) is 1.25. The lowest BCUT2D eigenvalue weighted by Crippen LogP contribution is -2.34. The molecule has 110 valence electrons. The minimum absolute atomic E-state index is 0.313. The molecule has 2 heterocycles. The van der Waals surface area contributed by atoms with Gasteiger partial charge in [-0.2, -0.15) is 0 Å². The zero-order valence-corrected chi connectivity index (χ0v) is 11.7. The SMILES string of the molecule is Cc1ncoc1COc1ccc2c(c1)CN(C(=O)O)CC2. The van der Waals surface area contributed by atoms with E-state index in [2.05, 4.69) is 4.98 Å². The number of fused-ring (bicyclic) bond motifs is 1. The minimum atomic E-state index is -0.885. The van der Waals surface area contributed by atoms with E-state index < -0.39 is 6.09 Å². The topological polar surface area (TPSA) is 75.8 Å². The second kappa shape index (κ2) is 5.47. The molecule has 0 fully saturated rings. The fourth-order valence-corrected chi connectivity index (χ4v) is 2.40. The smallest absolute Gasteiger partial charge is 0.407 e. The third kappa shape index (κ3) is 2.84. The maximum Gasteiger partial charge on any atom is 0.407 e. The van der Waals surface area contributed by atoms with Crippen LogP contribution in [0, 0.1) is 6.92 Å². The van der Waals surface area contributed by atoms with Crippen molar-refractivity contribution in [3.05, 3.63) is 47.2 Å². The molecule has 1 aliphatic heterocycles. The van der Waals surface area contributed by atoms with Gasteiger partial charge in [0.2, 0.25) is 0 Å². The highest BCUT2D eigenvalue weighted by Gasteiger charge is 2.20. The predicted molar refractivity (Wildman–Crippen MR) is 74.2 cm³/mol. The van der Waals surface area contributed by atoms with Gasteiger partial charge in [0.05, 0.1) is 5.69 Å². The average molecular weight is 288 g/mol. The molecule has 1 aliphatic rings. The van der Waals surface area contributed by atoms with Crippen LogP contribution in [0.3, 0.4) is 0 Å². The van der Waals surface area contributed by atoms with E-state index in [1.54, 1.807) is 0 Å². The molecule has 0 atom stereocenters. The number of rotatable bonds is 3. The lowest BCUT2D eigenvalue weighted by atomic mass is 10.00. The molecule has 0 saturated carbocycles. The summed E-state index contributed by atoms with van der Waals surface area (Å²) in [7, 11) is 0. The van der Waals surface area contributed by atoms with E-state index in [1.807, 2.05) is 25.1 Å². The Hall–Kier alpha value is -2.50. The van der Waals surface area contributed by atoms with Gasteiger partial charge in [0.15, 0.2) is 12.2 Å². The van der Waals surface area contributed by atoms with Crippen LogP contribution in [0.4, 0.5) is 4.79 Å². The first kappa shape index (κ1) is 13.5. The Morgan fingerprint density at radius 2 is 2.33 bits per heavy atom. The second-order valence-corrected chi connectivity index (χ2v) is 5.03. The summed E-state index contributed by atoms with van der Waals surface area (Å²) < 4.78 is 10.9. The van der Waals surface area contributed by atoms with Crippen LogP contribution >= 0.6 is 0 Å². The van der Waals surface area contributed by atoms with E-state index >= 15 is 0 Å². The first-order valence-electron chi connectivity index (χ1n) is 6.75. The lowest BCUT2D eigenvalue weighted by Gasteiger charge is -2.26. The molecule has 0 unspecified atom stereocenters. The highest BCUT2D eigenvalue weighted by atomic mass is 16.5. The zero-order valence-electron chi connectivity index (χ0n) is 11.7. The summed E-state index contributed by atoms with van der Waals surface area (Å²) in [4.78, 5) is 16.5. The van der Waals surface area contributed by atoms with Crippen LogP contribution in [-0.4, -0.2) is 27.6 Å². The molecule has 0 radical (unpaired) electrons. The van der Waals surface area contributed by atoms with Crippen LogP contribution in [0.2, 0.25) is 0 Å². The van der Waals surface area contributed by atoms with Gasteiger partial charge in [-0.3, -0.25) is 0 Å². The molecule has 0 saturated heterocycles. The summed E-state index contributed by atoms with van der Waals surface area (Å²) in [5, 5.41) is 9.07. The van der Waals surface area contributed by atoms with Crippen molar-refractivity contribution in [1.29, 1.82) is 0 Å². The summed E-state index contributed by atoms with van der Waals surface area (Å²) in [5.41, 5.74) is 2.98. The Morgan fingerprint density at radius 1 is 1.48 bits per heavy atom. The van der Waals surface area contributed by atoms with Gasteiger partial charge in [0.25, 0.3) is 0 Å². The van der Waals surface area contributed by atoms with Crippen molar-refractivity contribution in [3.63, 3.8) is 0 Å². The van der Waals surface area contributed by atoms with Crippen molar-refractivity contribution in [1.82, 2.24) is 9.88 Å². The molecule has 21 heavy (non-hydrogen) atoms. The standard InChI is InChI=1S/C15H16N2O4/c1-10-14(21-9-16-10)8-20-13-3-2-11-4-5-17(15(18)19)7-12(11)6-13/h2-3,6,9H,4-5,7-8H2,1H3,(H,18,19). The van der Waals surface area contributed by atoms with Gasteiger partial charge < -0.3 is 19.2 Å². The van der Waals surface area contributed by atoms with E-state index in [-0.39, 0.29) is 0 Å². The average Bonchev–Trinajstić information content (AvgIpc) is 2.89. The summed E-state index contributed by atoms with van der Waals surface area (Å²) in [6, 6.07) is 5.80. The quantitative estimate of drug-likeness (QED) is 0.939. The molecule has 0 bridgehead atoms. The van der Waals surface area contributed by atoms with Crippen molar-refractivity contribution >= 4 is 6.09 Å². The van der Waals surface area contributed by atoms with Crippen molar-refractivity contribution < 1.29 is 19.1 Å². The lowest BCUT2D eigenvalue weighted by molar-refractivity contribution is 0.140. The first-order chi connectivity index (χ1) is 10.1. The van der Waals surface area contributed by atoms with Crippen LogP contribution in [0.25, 0.3) is 0 Å². The normalized spacial score (nSPS) is 13.9. The molecular weight excluding hydrogens is 272 g/mol. The van der Waals surface area contributed by atoms with Gasteiger partial charge in [-0.25, -0.2) is 9.78 Å². The predicted octanol–water partition coefficient (Wildman–Crippen LogP) is 2.60. The molecule has 0 aliphatic carbocycles. The molecule has 2 aromatic rings. The fraction of sp³-hybridized carbons (Fsp3) is 0.333. The van der Waals surface area contributed by atoms with Crippen molar-refractivity contribution in [3.8, 4) is 5.75 Å². The Balaban J connectivity index is 1.72. The Morgan fingerprint density at radius 3 is 3.05 bits per heavy atom. The molecular formula is C15H16N2O4. The first-order valence-corrected chi connectivity index (χ1v) is 6.75. The van der Waals surface area contributed by atoms with E-state index in [4.69, 9.17) is 14.3 Å². The highest BCUT2D eigenvalue weighted by molar-refractivity contribution is 5.65. The minimum Gasteiger partial charge on any atom is -0.486 e. The highest BCUT2D eigenvalue weighted by Crippen LogP contribution is 2.24. The number of aryl methyl sites for hydroxylation is 1. The molecule has 6 nitrogen and oxygen atoms in total. The second-order valence-electron chi connectivity index (χ2n) is 5.03.